The quantitative estimate of drug-likeness (QED) is 0.768. The fraction of sp³-hybridized carbons (Fsp3) is 0.0667. The van der Waals surface area contributed by atoms with Crippen LogP contribution in [0.15, 0.2) is 48.5 Å². The molecule has 100 valence electrons. The van der Waals surface area contributed by atoms with E-state index in [4.69, 9.17) is 0 Å². The maximum absolute atomic E-state index is 12.8. The van der Waals surface area contributed by atoms with Crippen molar-refractivity contribution >= 4 is 16.9 Å². The maximum atomic E-state index is 12.8. The van der Waals surface area contributed by atoms with Gasteiger partial charge in [0, 0.05) is 5.56 Å². The minimum absolute atomic E-state index is 0.259. The second-order valence-corrected chi connectivity index (χ2v) is 4.39. The summed E-state index contributed by atoms with van der Waals surface area (Å²) in [7, 11) is 0. The van der Waals surface area contributed by atoms with Crippen molar-refractivity contribution in [2.45, 2.75) is 6.54 Å². The van der Waals surface area contributed by atoms with Gasteiger partial charge in [0.15, 0.2) is 0 Å². The molecule has 1 heterocycles. The van der Waals surface area contributed by atoms with E-state index in [-0.39, 0.29) is 11.7 Å². The third-order valence-corrected chi connectivity index (χ3v) is 2.96. The van der Waals surface area contributed by atoms with Crippen LogP contribution in [0.2, 0.25) is 0 Å². The highest BCUT2D eigenvalue weighted by atomic mass is 19.1. The van der Waals surface area contributed by atoms with E-state index in [9.17, 15) is 9.18 Å². The number of benzene rings is 2. The van der Waals surface area contributed by atoms with E-state index in [1.54, 1.807) is 0 Å². The Labute approximate surface area is 114 Å². The third-order valence-electron chi connectivity index (χ3n) is 2.96. The maximum Gasteiger partial charge on any atom is 0.251 e. The molecule has 0 aliphatic heterocycles. The van der Waals surface area contributed by atoms with E-state index in [2.05, 4.69) is 15.3 Å². The fourth-order valence-corrected chi connectivity index (χ4v) is 1.96. The topological polar surface area (TPSA) is 57.8 Å². The Morgan fingerprint density at radius 3 is 2.65 bits per heavy atom. The molecular formula is C15H12FN3O. The van der Waals surface area contributed by atoms with Crippen LogP contribution in [-0.4, -0.2) is 15.9 Å². The van der Waals surface area contributed by atoms with Crippen LogP contribution >= 0.6 is 0 Å². The van der Waals surface area contributed by atoms with Gasteiger partial charge in [0.25, 0.3) is 5.91 Å². The Kier molecular flexibility index (Phi) is 3.16. The summed E-state index contributed by atoms with van der Waals surface area (Å²) in [4.78, 5) is 19.4. The molecule has 3 aromatic rings. The van der Waals surface area contributed by atoms with E-state index in [0.717, 1.165) is 11.0 Å². The standard InChI is InChI=1S/C15H12FN3O/c16-11-7-5-10(6-8-11)15(20)17-9-14-18-12-3-1-2-4-13(12)19-14/h1-8H,9H2,(H,17,20)(H,18,19). The van der Waals surface area contributed by atoms with Gasteiger partial charge in [-0.1, -0.05) is 12.1 Å². The van der Waals surface area contributed by atoms with Gasteiger partial charge in [-0.3, -0.25) is 4.79 Å². The van der Waals surface area contributed by atoms with Gasteiger partial charge in [-0.2, -0.15) is 0 Å². The van der Waals surface area contributed by atoms with Gasteiger partial charge in [-0.25, -0.2) is 9.37 Å². The molecule has 0 saturated heterocycles. The molecule has 0 bridgehead atoms. The average Bonchev–Trinajstić information content (AvgIpc) is 2.88. The SMILES string of the molecule is O=C(NCc1nc2ccccc2[nH]1)c1ccc(F)cc1. The number of fused-ring (bicyclic) bond motifs is 1. The first-order valence-electron chi connectivity index (χ1n) is 6.20. The highest BCUT2D eigenvalue weighted by molar-refractivity contribution is 5.94. The molecule has 0 atom stereocenters. The molecule has 20 heavy (non-hydrogen) atoms. The molecule has 0 spiro atoms. The summed E-state index contributed by atoms with van der Waals surface area (Å²) in [6.45, 7) is 0.297. The fourth-order valence-electron chi connectivity index (χ4n) is 1.96. The summed E-state index contributed by atoms with van der Waals surface area (Å²) in [5.74, 6) is 0.0611. The molecule has 3 rings (SSSR count). The van der Waals surface area contributed by atoms with Crippen molar-refractivity contribution in [3.05, 3.63) is 65.7 Å². The van der Waals surface area contributed by atoms with Crippen LogP contribution in [0.25, 0.3) is 11.0 Å². The van der Waals surface area contributed by atoms with Crippen molar-refractivity contribution < 1.29 is 9.18 Å². The molecule has 0 aliphatic carbocycles. The first-order valence-corrected chi connectivity index (χ1v) is 6.20. The van der Waals surface area contributed by atoms with Gasteiger partial charge < -0.3 is 10.3 Å². The van der Waals surface area contributed by atoms with Crippen molar-refractivity contribution in [1.82, 2.24) is 15.3 Å². The van der Waals surface area contributed by atoms with Crippen LogP contribution in [0.5, 0.6) is 0 Å². The molecule has 5 heteroatoms. The second-order valence-electron chi connectivity index (χ2n) is 4.39. The minimum atomic E-state index is -0.362. The van der Waals surface area contributed by atoms with Gasteiger partial charge in [-0.15, -0.1) is 0 Å². The molecule has 2 aromatic carbocycles. The van der Waals surface area contributed by atoms with Crippen molar-refractivity contribution in [2.75, 3.05) is 0 Å². The van der Waals surface area contributed by atoms with Gasteiger partial charge in [0.05, 0.1) is 17.6 Å². The zero-order chi connectivity index (χ0) is 13.9. The number of aromatic amines is 1. The summed E-state index contributed by atoms with van der Waals surface area (Å²) in [6.07, 6.45) is 0. The Hall–Kier alpha value is -2.69. The van der Waals surface area contributed by atoms with E-state index in [0.29, 0.717) is 17.9 Å². The van der Waals surface area contributed by atoms with Gasteiger partial charge in [0.2, 0.25) is 0 Å². The van der Waals surface area contributed by atoms with Crippen LogP contribution in [0.1, 0.15) is 16.2 Å². The molecule has 1 aromatic heterocycles. The number of amides is 1. The third kappa shape index (κ3) is 2.51. The average molecular weight is 269 g/mol. The molecule has 1 amide bonds. The number of halogens is 1. The molecule has 0 aliphatic rings. The number of para-hydroxylation sites is 2. The number of H-pyrrole nitrogens is 1. The van der Waals surface area contributed by atoms with Gasteiger partial charge >= 0.3 is 0 Å². The summed E-state index contributed by atoms with van der Waals surface area (Å²) in [5.41, 5.74) is 2.21. The Morgan fingerprint density at radius 1 is 1.15 bits per heavy atom. The second kappa shape index (κ2) is 5.13. The van der Waals surface area contributed by atoms with Crippen molar-refractivity contribution in [2.24, 2.45) is 0 Å². The molecule has 0 saturated carbocycles. The lowest BCUT2D eigenvalue weighted by Crippen LogP contribution is -2.23. The lowest BCUT2D eigenvalue weighted by molar-refractivity contribution is 0.0950. The largest absolute Gasteiger partial charge is 0.345 e. The number of nitrogens with one attached hydrogen (secondary N) is 2. The van der Waals surface area contributed by atoms with Crippen LogP contribution in [0.4, 0.5) is 4.39 Å². The smallest absolute Gasteiger partial charge is 0.251 e. The molecule has 0 radical (unpaired) electrons. The lowest BCUT2D eigenvalue weighted by atomic mass is 10.2. The summed E-state index contributed by atoms with van der Waals surface area (Å²) >= 11 is 0. The zero-order valence-corrected chi connectivity index (χ0v) is 10.6. The van der Waals surface area contributed by atoms with E-state index >= 15 is 0 Å². The summed E-state index contributed by atoms with van der Waals surface area (Å²) in [6, 6.07) is 13.1. The Bertz CT molecular complexity index is 716. The van der Waals surface area contributed by atoms with Crippen LogP contribution in [0, 0.1) is 5.82 Å². The highest BCUT2D eigenvalue weighted by Crippen LogP contribution is 2.10. The lowest BCUT2D eigenvalue weighted by Gasteiger charge is -2.02. The van der Waals surface area contributed by atoms with Gasteiger partial charge in [-0.05, 0) is 36.4 Å². The number of aromatic nitrogens is 2. The number of carbonyl (C=O) groups is 1. The number of hydrogen-bond donors (Lipinski definition) is 2. The Balaban J connectivity index is 1.69. The predicted molar refractivity (Wildman–Crippen MR) is 73.7 cm³/mol. The van der Waals surface area contributed by atoms with Crippen LogP contribution < -0.4 is 5.32 Å². The molecule has 0 unspecified atom stereocenters. The van der Waals surface area contributed by atoms with E-state index in [1.165, 1.54) is 24.3 Å². The molecular weight excluding hydrogens is 257 g/mol. The van der Waals surface area contributed by atoms with E-state index in [1.807, 2.05) is 24.3 Å². The number of hydrogen-bond acceptors (Lipinski definition) is 2. The van der Waals surface area contributed by atoms with E-state index < -0.39 is 0 Å². The number of rotatable bonds is 3. The summed E-state index contributed by atoms with van der Waals surface area (Å²) < 4.78 is 12.8. The normalized spacial score (nSPS) is 10.7. The van der Waals surface area contributed by atoms with Crippen molar-refractivity contribution in [3.63, 3.8) is 0 Å². The van der Waals surface area contributed by atoms with Gasteiger partial charge in [0.1, 0.15) is 11.6 Å². The van der Waals surface area contributed by atoms with Crippen molar-refractivity contribution in [1.29, 1.82) is 0 Å². The number of carbonyl (C=O) groups excluding carboxylic acids is 1. The Morgan fingerprint density at radius 2 is 1.90 bits per heavy atom. The number of imidazole rings is 1. The molecule has 0 fully saturated rings. The summed E-state index contributed by atoms with van der Waals surface area (Å²) in [5, 5.41) is 2.74. The monoisotopic (exact) mass is 269 g/mol. The molecule has 4 nitrogen and oxygen atoms in total. The highest BCUT2D eigenvalue weighted by Gasteiger charge is 2.07. The first kappa shape index (κ1) is 12.3. The molecule has 2 N–H and O–H groups in total. The predicted octanol–water partition coefficient (Wildman–Crippen LogP) is 2.63. The minimum Gasteiger partial charge on any atom is -0.345 e. The van der Waals surface area contributed by atoms with Crippen LogP contribution in [0.3, 0.4) is 0 Å². The first-order chi connectivity index (χ1) is 9.72. The number of nitrogens with zero attached hydrogens (tertiary/aromatic N) is 1. The van der Waals surface area contributed by atoms with Crippen LogP contribution in [-0.2, 0) is 6.54 Å². The zero-order valence-electron chi connectivity index (χ0n) is 10.6. The van der Waals surface area contributed by atoms with Crippen molar-refractivity contribution in [3.8, 4) is 0 Å².